The molecule has 11 rings (SSSR count). The van der Waals surface area contributed by atoms with Gasteiger partial charge in [0.1, 0.15) is 134 Å². The van der Waals surface area contributed by atoms with E-state index in [1.54, 1.807) is 0 Å². The van der Waals surface area contributed by atoms with E-state index in [2.05, 4.69) is 54.5 Å². The largest absolute Gasteiger partial charge is 0.432 e. The first-order valence-electron chi connectivity index (χ1n) is 34.2. The predicted molar refractivity (Wildman–Crippen MR) is 321 cm³/mol. The molecule has 6 saturated heterocycles. The van der Waals surface area contributed by atoms with Crippen LogP contribution in [-0.4, -0.2) is 315 Å². The van der Waals surface area contributed by atoms with Crippen molar-refractivity contribution in [2.45, 2.75) is 297 Å². The highest BCUT2D eigenvalue weighted by molar-refractivity contribution is 5.79. The molecule has 4 saturated carbocycles. The molecule has 6 aliphatic heterocycles. The molecule has 0 unspecified atom stereocenters. The number of aliphatic hydroxyl groups is 18. The lowest BCUT2D eigenvalue weighted by atomic mass is 9.33. The molecule has 0 amide bonds. The minimum atomic E-state index is -1.93. The van der Waals surface area contributed by atoms with Crippen molar-refractivity contribution in [3.05, 3.63) is 11.6 Å². The number of hydrogen-bond acceptors (Lipinski definition) is 31. The van der Waals surface area contributed by atoms with Crippen molar-refractivity contribution in [1.29, 1.82) is 0 Å². The second-order valence-corrected chi connectivity index (χ2v) is 30.9. The van der Waals surface area contributed by atoms with Gasteiger partial charge in [-0.1, -0.05) is 60.1 Å². The summed E-state index contributed by atoms with van der Waals surface area (Å²) in [6.07, 6.45) is -40.7. The zero-order valence-corrected chi connectivity index (χ0v) is 55.5. The summed E-state index contributed by atoms with van der Waals surface area (Å²) in [4.78, 5) is 15.4. The fourth-order valence-corrected chi connectivity index (χ4v) is 19.2. The summed E-state index contributed by atoms with van der Waals surface area (Å²) in [6.45, 7) is 14.0. The molecule has 0 aromatic carbocycles. The Morgan fingerprint density at radius 3 is 1.55 bits per heavy atom. The molecular formula is C65H106O31. The quantitative estimate of drug-likeness (QED) is 0.0391. The van der Waals surface area contributed by atoms with Crippen molar-refractivity contribution < 1.29 is 154 Å². The monoisotopic (exact) mass is 1380 g/mol. The van der Waals surface area contributed by atoms with Gasteiger partial charge in [-0.25, -0.2) is 0 Å². The van der Waals surface area contributed by atoms with Crippen LogP contribution in [-0.2, 0) is 61.6 Å². The van der Waals surface area contributed by atoms with Crippen LogP contribution >= 0.6 is 0 Å². The van der Waals surface area contributed by atoms with Crippen molar-refractivity contribution in [3.63, 3.8) is 0 Å². The van der Waals surface area contributed by atoms with Gasteiger partial charge >= 0.3 is 5.97 Å². The summed E-state index contributed by atoms with van der Waals surface area (Å²) < 4.78 is 72.1. The van der Waals surface area contributed by atoms with E-state index in [1.807, 2.05) is 0 Å². The van der Waals surface area contributed by atoms with Gasteiger partial charge in [0.2, 0.25) is 6.29 Å². The number of esters is 1. The third-order valence-electron chi connectivity index (χ3n) is 25.5. The van der Waals surface area contributed by atoms with E-state index in [1.165, 1.54) is 12.5 Å². The summed E-state index contributed by atoms with van der Waals surface area (Å²) in [6, 6.07) is 0. The Hall–Kier alpha value is -1.95. The molecular weight excluding hydrogens is 1280 g/mol. The van der Waals surface area contributed by atoms with Crippen LogP contribution < -0.4 is 0 Å². The van der Waals surface area contributed by atoms with Crippen molar-refractivity contribution in [3.8, 4) is 0 Å². The first-order valence-corrected chi connectivity index (χ1v) is 34.2. The van der Waals surface area contributed by atoms with Gasteiger partial charge < -0.3 is 149 Å². The molecule has 5 aliphatic carbocycles. The highest BCUT2D eigenvalue weighted by Crippen LogP contribution is 2.76. The molecule has 0 aromatic heterocycles. The van der Waals surface area contributed by atoms with Crippen molar-refractivity contribution in [1.82, 2.24) is 0 Å². The van der Waals surface area contributed by atoms with Gasteiger partial charge in [0.05, 0.1) is 50.7 Å². The number of hydrogen-bond donors (Lipinski definition) is 18. The smallest absolute Gasteiger partial charge is 0.315 e. The van der Waals surface area contributed by atoms with E-state index in [4.69, 9.17) is 56.8 Å². The number of carbonyl (C=O) groups is 1. The van der Waals surface area contributed by atoms with E-state index in [9.17, 15) is 91.9 Å². The second-order valence-electron chi connectivity index (χ2n) is 30.9. The molecule has 96 heavy (non-hydrogen) atoms. The van der Waals surface area contributed by atoms with Crippen LogP contribution in [0, 0.1) is 56.7 Å². The van der Waals surface area contributed by atoms with Gasteiger partial charge in [0, 0.05) is 0 Å². The summed E-state index contributed by atoms with van der Waals surface area (Å²) >= 11 is 0. The van der Waals surface area contributed by atoms with Gasteiger partial charge in [0.25, 0.3) is 0 Å². The average Bonchev–Trinajstić information content (AvgIpc) is 0.675. The Bertz CT molecular complexity index is 2680. The molecule has 0 spiro atoms. The molecule has 552 valence electrons. The molecule has 0 bridgehead atoms. The Morgan fingerprint density at radius 2 is 0.979 bits per heavy atom. The Morgan fingerprint density at radius 1 is 0.490 bits per heavy atom. The standard InChI is InChI=1S/C65H106O31/c1-24-11-16-65(60(84)96-58-51(83)46(78)41(73)32(92-58)23-87-55-48(80)45(77)40(72)31(91-55)22-86-54-47(79)43(75)38(70)29(19-66)89-54)18-17-63(7)27(36(65)25(24)2)9-10-34-62(6)14-13-35(61(4,5)33(62)12-15-64(34,63)8)93-59-53(95-56-49(81)42(74)37(69)26(3)88-56)52(28(68)21-85-59)94-57-50(82)44(76)39(71)30(20-67)90-57/h9,24-26,28-59,66-83H,10-23H2,1-8H3/t24-,25+,26+,28+,29-,30-,31-,32-,33+,34-,35+,36+,37+,38-,39-,40-,41-,42-,43+,44+,45+,46+,47-,48-,49-,50-,51-,52+,53-,54-,55-,56+,57+,58+,59-,62+,63-,64-,65+/m1/s1. The fourth-order valence-electron chi connectivity index (χ4n) is 19.2. The van der Waals surface area contributed by atoms with E-state index >= 15 is 4.79 Å². The average molecular weight is 1380 g/mol. The predicted octanol–water partition coefficient (Wildman–Crippen LogP) is -4.86. The van der Waals surface area contributed by atoms with Gasteiger partial charge in [-0.3, -0.25) is 4.79 Å². The number of aliphatic hydroxyl groups excluding tert-OH is 18. The second kappa shape index (κ2) is 28.6. The molecule has 31 nitrogen and oxygen atoms in total. The molecule has 11 aliphatic rings. The summed E-state index contributed by atoms with van der Waals surface area (Å²) in [7, 11) is 0. The lowest BCUT2D eigenvalue weighted by Crippen LogP contribution is -2.67. The third kappa shape index (κ3) is 12.8. The lowest BCUT2D eigenvalue weighted by Gasteiger charge is -2.71. The Balaban J connectivity index is 0.787. The maximum atomic E-state index is 15.4. The Kier molecular flexibility index (Phi) is 22.4. The minimum Gasteiger partial charge on any atom is -0.432 e. The first kappa shape index (κ1) is 75.2. The topological polar surface area (TPSA) is 492 Å². The van der Waals surface area contributed by atoms with Crippen molar-refractivity contribution >= 4 is 5.97 Å². The third-order valence-corrected chi connectivity index (χ3v) is 25.5. The molecule has 39 atom stereocenters. The maximum Gasteiger partial charge on any atom is 0.315 e. The van der Waals surface area contributed by atoms with Crippen LogP contribution in [0.15, 0.2) is 11.6 Å². The van der Waals surface area contributed by atoms with Crippen molar-refractivity contribution in [2.75, 3.05) is 33.0 Å². The summed E-state index contributed by atoms with van der Waals surface area (Å²) in [5.74, 6) is -0.590. The van der Waals surface area contributed by atoms with Gasteiger partial charge in [-0.2, -0.15) is 0 Å². The number of rotatable bonds is 16. The van der Waals surface area contributed by atoms with Crippen LogP contribution in [0.2, 0.25) is 0 Å². The van der Waals surface area contributed by atoms with Gasteiger partial charge in [-0.05, 0) is 116 Å². The van der Waals surface area contributed by atoms with E-state index in [0.717, 1.165) is 12.8 Å². The minimum absolute atomic E-state index is 0.0186. The summed E-state index contributed by atoms with van der Waals surface area (Å²) in [5.41, 5.74) is -1.50. The zero-order chi connectivity index (χ0) is 70.0. The summed E-state index contributed by atoms with van der Waals surface area (Å²) in [5, 5.41) is 194. The van der Waals surface area contributed by atoms with Crippen LogP contribution in [0.4, 0.5) is 0 Å². The van der Waals surface area contributed by atoms with Gasteiger partial charge in [-0.15, -0.1) is 0 Å². The highest BCUT2D eigenvalue weighted by Gasteiger charge is 2.71. The Labute approximate surface area is 556 Å². The number of ether oxygens (including phenoxy) is 12. The SMILES string of the molecule is C[C@H]1[C@H](C)CC[C@]2(C(=O)O[C@@H]3O[C@H](CO[C@@H]4O[C@H](CO[C@@H]5O[C@H](CO)[C@@H](O)[C@H](O)[C@H]5O)[C@@H](O)[C@H](O)[C@H]4O)[C@@H](O)[C@H](O)[C@H]3O)CC[C@]3(C)C(=CC[C@@H]4[C@@]5(C)CC[C@H](O[C@H]6OC[C@H](O)[C@H](O[C@@H]7O[C@H](CO)[C@@H](O)[C@H](O)[C@H]7O)[C@H]6O[C@@H]6O[C@@H](C)[C@H](O)[C@@H](O)[C@H]6O)C(C)(C)[C@@H]5CC[C@]43C)[C@H]12. The van der Waals surface area contributed by atoms with Crippen LogP contribution in [0.5, 0.6) is 0 Å². The lowest BCUT2D eigenvalue weighted by molar-refractivity contribution is -0.388. The van der Waals surface area contributed by atoms with Crippen LogP contribution in [0.1, 0.15) is 113 Å². The van der Waals surface area contributed by atoms with E-state index < -0.39 is 233 Å². The zero-order valence-electron chi connectivity index (χ0n) is 55.5. The molecule has 18 N–H and O–H groups in total. The van der Waals surface area contributed by atoms with Gasteiger partial charge in [0.15, 0.2) is 31.5 Å². The molecule has 6 heterocycles. The van der Waals surface area contributed by atoms with Crippen LogP contribution in [0.3, 0.4) is 0 Å². The fraction of sp³-hybridized carbons (Fsp3) is 0.954. The van der Waals surface area contributed by atoms with E-state index in [0.29, 0.717) is 44.9 Å². The van der Waals surface area contributed by atoms with E-state index in [-0.39, 0.29) is 47.0 Å². The molecule has 0 aromatic rings. The number of fused-ring (bicyclic) bond motifs is 7. The maximum absolute atomic E-state index is 15.4. The normalized spacial score (nSPS) is 55.1. The molecule has 10 fully saturated rings. The highest BCUT2D eigenvalue weighted by atomic mass is 16.8. The number of allylic oxidation sites excluding steroid dienone is 2. The number of carbonyl (C=O) groups excluding carboxylic acids is 1. The first-order chi connectivity index (χ1) is 45.1. The molecule has 31 heteroatoms. The molecule has 0 radical (unpaired) electrons. The van der Waals surface area contributed by atoms with Crippen molar-refractivity contribution in [2.24, 2.45) is 56.7 Å². The van der Waals surface area contributed by atoms with Crippen LogP contribution in [0.25, 0.3) is 0 Å².